The zero-order chi connectivity index (χ0) is 15.6. The zero-order valence-electron chi connectivity index (χ0n) is 12.0. The van der Waals surface area contributed by atoms with Crippen LogP contribution in [0.1, 0.15) is 25.5 Å². The molecular weight excluding hydrogens is 310 g/mol. The Morgan fingerprint density at radius 1 is 1.38 bits per heavy atom. The summed E-state index contributed by atoms with van der Waals surface area (Å²) in [5, 5.41) is 18.4. The van der Waals surface area contributed by atoms with E-state index < -0.39 is 5.97 Å². The predicted octanol–water partition coefficient (Wildman–Crippen LogP) is 3.66. The number of carboxylic acid groups (broad SMARTS) is 1. The van der Waals surface area contributed by atoms with Gasteiger partial charge < -0.3 is 5.11 Å². The maximum absolute atomic E-state index is 10.7. The first kappa shape index (κ1) is 15.9. The first-order valence-corrected chi connectivity index (χ1v) is 7.82. The van der Waals surface area contributed by atoms with E-state index >= 15 is 0 Å². The molecule has 112 valence electrons. The summed E-state index contributed by atoms with van der Waals surface area (Å²) in [7, 11) is 0. The molecule has 0 aliphatic carbocycles. The van der Waals surface area contributed by atoms with E-state index in [0.29, 0.717) is 16.0 Å². The Bertz CT molecular complexity index is 650. The van der Waals surface area contributed by atoms with Gasteiger partial charge in [-0.05, 0) is 44.5 Å². The molecule has 0 saturated carbocycles. The highest BCUT2D eigenvalue weighted by Crippen LogP contribution is 2.29. The van der Waals surface area contributed by atoms with Crippen LogP contribution in [0.3, 0.4) is 0 Å². The van der Waals surface area contributed by atoms with Gasteiger partial charge in [-0.2, -0.15) is 0 Å². The first-order chi connectivity index (χ1) is 9.88. The van der Waals surface area contributed by atoms with Crippen LogP contribution >= 0.6 is 23.4 Å². The third-order valence-electron chi connectivity index (χ3n) is 2.81. The number of carbonyl (C=O) groups is 1. The smallest absolute Gasteiger partial charge is 0.313 e. The molecule has 0 amide bonds. The Balaban J connectivity index is 2.46. The minimum Gasteiger partial charge on any atom is -0.481 e. The largest absolute Gasteiger partial charge is 0.481 e. The number of benzene rings is 1. The number of hydrogen-bond acceptors (Lipinski definition) is 4. The van der Waals surface area contributed by atoms with Crippen molar-refractivity contribution in [2.45, 2.75) is 32.0 Å². The van der Waals surface area contributed by atoms with Gasteiger partial charge in [0, 0.05) is 16.6 Å². The molecule has 0 spiro atoms. The van der Waals surface area contributed by atoms with Crippen molar-refractivity contribution in [2.24, 2.45) is 0 Å². The lowest BCUT2D eigenvalue weighted by Crippen LogP contribution is -2.07. The van der Waals surface area contributed by atoms with Gasteiger partial charge in [0.1, 0.15) is 0 Å². The fraction of sp³-hybridized carbons (Fsp3) is 0.357. The maximum atomic E-state index is 10.7. The molecule has 0 saturated heterocycles. The molecule has 0 atom stereocenters. The van der Waals surface area contributed by atoms with Crippen molar-refractivity contribution < 1.29 is 9.90 Å². The highest BCUT2D eigenvalue weighted by molar-refractivity contribution is 7.99. The van der Waals surface area contributed by atoms with Gasteiger partial charge in [-0.15, -0.1) is 10.2 Å². The summed E-state index contributed by atoms with van der Waals surface area (Å²) in [4.78, 5) is 10.7. The molecule has 0 radical (unpaired) electrons. The number of hydrogen-bond donors (Lipinski definition) is 1. The molecule has 7 heteroatoms. The van der Waals surface area contributed by atoms with Crippen molar-refractivity contribution in [1.82, 2.24) is 14.8 Å². The molecule has 5 nitrogen and oxygen atoms in total. The predicted molar refractivity (Wildman–Crippen MR) is 83.9 cm³/mol. The molecule has 1 aromatic carbocycles. The van der Waals surface area contributed by atoms with Crippen LogP contribution in [0.25, 0.3) is 11.4 Å². The van der Waals surface area contributed by atoms with Gasteiger partial charge in [-0.3, -0.25) is 9.36 Å². The van der Waals surface area contributed by atoms with Crippen LogP contribution in [0.2, 0.25) is 5.02 Å². The molecule has 0 aliphatic rings. The van der Waals surface area contributed by atoms with Crippen molar-refractivity contribution >= 4 is 29.3 Å². The van der Waals surface area contributed by atoms with Crippen LogP contribution in [0, 0.1) is 6.92 Å². The summed E-state index contributed by atoms with van der Waals surface area (Å²) < 4.78 is 1.93. The zero-order valence-corrected chi connectivity index (χ0v) is 13.6. The van der Waals surface area contributed by atoms with Gasteiger partial charge in [0.2, 0.25) is 0 Å². The second-order valence-corrected chi connectivity index (χ2v) is 6.35. The van der Waals surface area contributed by atoms with E-state index in [0.717, 1.165) is 22.9 Å². The molecule has 1 aromatic heterocycles. The van der Waals surface area contributed by atoms with E-state index in [1.54, 1.807) is 0 Å². The Kier molecular flexibility index (Phi) is 4.90. The van der Waals surface area contributed by atoms with E-state index in [2.05, 4.69) is 10.2 Å². The minimum absolute atomic E-state index is 0.0422. The number of nitrogens with zero attached hydrogens (tertiary/aromatic N) is 3. The first-order valence-electron chi connectivity index (χ1n) is 6.45. The molecule has 21 heavy (non-hydrogen) atoms. The van der Waals surface area contributed by atoms with Crippen molar-refractivity contribution in [3.05, 3.63) is 28.8 Å². The van der Waals surface area contributed by atoms with Crippen LogP contribution in [0.4, 0.5) is 0 Å². The highest BCUT2D eigenvalue weighted by Gasteiger charge is 2.18. The summed E-state index contributed by atoms with van der Waals surface area (Å²) in [5.74, 6) is -0.221. The maximum Gasteiger partial charge on any atom is 0.313 e. The monoisotopic (exact) mass is 325 g/mol. The lowest BCUT2D eigenvalue weighted by molar-refractivity contribution is -0.133. The highest BCUT2D eigenvalue weighted by atomic mass is 35.5. The number of halogens is 1. The Morgan fingerprint density at radius 2 is 2.10 bits per heavy atom. The average molecular weight is 326 g/mol. The van der Waals surface area contributed by atoms with E-state index in [1.807, 2.05) is 43.5 Å². The lowest BCUT2D eigenvalue weighted by atomic mass is 10.1. The number of thioether (sulfide) groups is 1. The molecular formula is C14H16ClN3O2S. The fourth-order valence-electron chi connectivity index (χ4n) is 2.03. The van der Waals surface area contributed by atoms with Crippen molar-refractivity contribution in [1.29, 1.82) is 0 Å². The molecule has 0 aliphatic heterocycles. The number of aromatic nitrogens is 3. The van der Waals surface area contributed by atoms with E-state index in [1.165, 1.54) is 0 Å². The van der Waals surface area contributed by atoms with Gasteiger partial charge in [-0.25, -0.2) is 0 Å². The summed E-state index contributed by atoms with van der Waals surface area (Å²) in [5.41, 5.74) is 1.92. The van der Waals surface area contributed by atoms with Crippen LogP contribution in [-0.2, 0) is 4.79 Å². The normalized spacial score (nSPS) is 11.1. The van der Waals surface area contributed by atoms with Crippen molar-refractivity contribution in [3.63, 3.8) is 0 Å². The molecule has 0 bridgehead atoms. The quantitative estimate of drug-likeness (QED) is 0.849. The van der Waals surface area contributed by atoms with Crippen LogP contribution in [0.15, 0.2) is 23.4 Å². The third-order valence-corrected chi connectivity index (χ3v) is 3.95. The second kappa shape index (κ2) is 6.49. The SMILES string of the molecule is Cc1cc(Cl)cc(-c2nnc(SCC(=O)O)n2C(C)C)c1. The number of rotatable bonds is 5. The molecule has 0 unspecified atom stereocenters. The van der Waals surface area contributed by atoms with E-state index in [-0.39, 0.29) is 11.8 Å². The molecule has 2 rings (SSSR count). The van der Waals surface area contributed by atoms with Gasteiger partial charge >= 0.3 is 5.97 Å². The van der Waals surface area contributed by atoms with Gasteiger partial charge in [-0.1, -0.05) is 23.4 Å². The van der Waals surface area contributed by atoms with E-state index in [4.69, 9.17) is 16.7 Å². The molecule has 2 aromatic rings. The lowest BCUT2D eigenvalue weighted by Gasteiger charge is -2.13. The van der Waals surface area contributed by atoms with Gasteiger partial charge in [0.05, 0.1) is 5.75 Å². The Hall–Kier alpha value is -1.53. The summed E-state index contributed by atoms with van der Waals surface area (Å²) in [6, 6.07) is 5.82. The van der Waals surface area contributed by atoms with Gasteiger partial charge in [0.15, 0.2) is 11.0 Å². The standard InChI is InChI=1S/C14H16ClN3O2S/c1-8(2)18-13(10-4-9(3)5-11(15)6-10)16-17-14(18)21-7-12(19)20/h4-6,8H,7H2,1-3H3,(H,19,20). The molecule has 1 N–H and O–H groups in total. The molecule has 1 heterocycles. The number of aliphatic carboxylic acids is 1. The van der Waals surface area contributed by atoms with Crippen LogP contribution < -0.4 is 0 Å². The van der Waals surface area contributed by atoms with Gasteiger partial charge in [0.25, 0.3) is 0 Å². The molecule has 0 fully saturated rings. The minimum atomic E-state index is -0.876. The second-order valence-electron chi connectivity index (χ2n) is 4.97. The topological polar surface area (TPSA) is 68.0 Å². The van der Waals surface area contributed by atoms with Crippen molar-refractivity contribution in [3.8, 4) is 11.4 Å². The summed E-state index contributed by atoms with van der Waals surface area (Å²) in [6.45, 7) is 5.98. The van der Waals surface area contributed by atoms with E-state index in [9.17, 15) is 4.79 Å². The van der Waals surface area contributed by atoms with Crippen LogP contribution in [-0.4, -0.2) is 31.6 Å². The number of carboxylic acids is 1. The summed E-state index contributed by atoms with van der Waals surface area (Å²) >= 11 is 7.27. The Morgan fingerprint density at radius 3 is 2.67 bits per heavy atom. The van der Waals surface area contributed by atoms with Crippen LogP contribution in [0.5, 0.6) is 0 Å². The average Bonchev–Trinajstić information content (AvgIpc) is 2.78. The fourth-order valence-corrected chi connectivity index (χ4v) is 3.11. The summed E-state index contributed by atoms with van der Waals surface area (Å²) in [6.07, 6.45) is 0. The number of aryl methyl sites for hydroxylation is 1. The van der Waals surface area contributed by atoms with Crippen molar-refractivity contribution in [2.75, 3.05) is 5.75 Å². The third kappa shape index (κ3) is 3.77. The Labute approximate surface area is 132 Å².